The summed E-state index contributed by atoms with van der Waals surface area (Å²) in [5.74, 6) is 1.30. The highest BCUT2D eigenvalue weighted by Crippen LogP contribution is 2.11. The normalized spacial score (nSPS) is 12.8. The molecule has 0 aromatic rings. The highest BCUT2D eigenvalue weighted by atomic mass is 32.2. The second kappa shape index (κ2) is 9.14. The van der Waals surface area contributed by atoms with Crippen LogP contribution in [-0.2, 0) is 0 Å². The highest BCUT2D eigenvalue weighted by molar-refractivity contribution is 7.99. The molecule has 0 aliphatic rings. The average molecular weight is 187 g/mol. The summed E-state index contributed by atoms with van der Waals surface area (Å²) in [6.45, 7) is 10.2. The van der Waals surface area contributed by atoms with Crippen LogP contribution in [0.25, 0.3) is 0 Å². The fourth-order valence-electron chi connectivity index (χ4n) is 0.876. The second-order valence-corrected chi connectivity index (χ2v) is 4.53. The summed E-state index contributed by atoms with van der Waals surface area (Å²) in [5.41, 5.74) is 0. The molecule has 0 saturated carbocycles. The molecule has 1 atom stereocenters. The van der Waals surface area contributed by atoms with Crippen LogP contribution in [0.15, 0.2) is 12.7 Å². The fraction of sp³-hybridized carbons (Fsp3) is 0.800. The first-order valence-corrected chi connectivity index (χ1v) is 5.79. The van der Waals surface area contributed by atoms with Crippen LogP contribution >= 0.6 is 11.8 Å². The Hall–Kier alpha value is 0.0500. The Kier molecular flexibility index (Phi) is 9.18. The highest BCUT2D eigenvalue weighted by Gasteiger charge is 1.99. The molecule has 0 saturated heterocycles. The Bertz CT molecular complexity index is 104. The van der Waals surface area contributed by atoms with Crippen LogP contribution in [0.1, 0.15) is 26.7 Å². The van der Waals surface area contributed by atoms with Crippen molar-refractivity contribution in [3.05, 3.63) is 12.7 Å². The van der Waals surface area contributed by atoms with Gasteiger partial charge in [0.1, 0.15) is 0 Å². The zero-order valence-electron chi connectivity index (χ0n) is 8.31. The molecule has 0 fully saturated rings. The maximum absolute atomic E-state index is 3.66. The summed E-state index contributed by atoms with van der Waals surface area (Å²) in [4.78, 5) is 0. The van der Waals surface area contributed by atoms with Gasteiger partial charge in [-0.25, -0.2) is 0 Å². The van der Waals surface area contributed by atoms with E-state index < -0.39 is 0 Å². The number of thioether (sulfide) groups is 1. The average Bonchev–Trinajstić information content (AvgIpc) is 2.06. The Morgan fingerprint density at radius 3 is 2.92 bits per heavy atom. The number of hydrogen-bond donors (Lipinski definition) is 1. The summed E-state index contributed by atoms with van der Waals surface area (Å²) in [7, 11) is 0. The number of hydrogen-bond acceptors (Lipinski definition) is 2. The van der Waals surface area contributed by atoms with Crippen LogP contribution in [0.5, 0.6) is 0 Å². The maximum atomic E-state index is 3.66. The van der Waals surface area contributed by atoms with Gasteiger partial charge in [-0.2, -0.15) is 11.8 Å². The topological polar surface area (TPSA) is 12.0 Å². The first kappa shape index (κ1) is 12.0. The molecule has 0 aromatic heterocycles. The predicted octanol–water partition coefficient (Wildman–Crippen LogP) is 2.68. The van der Waals surface area contributed by atoms with E-state index in [1.807, 2.05) is 6.08 Å². The molecular formula is C10H21NS. The van der Waals surface area contributed by atoms with E-state index >= 15 is 0 Å². The lowest BCUT2D eigenvalue weighted by atomic mass is 10.4. The molecule has 72 valence electrons. The molecule has 0 spiro atoms. The van der Waals surface area contributed by atoms with E-state index in [0.29, 0.717) is 0 Å². The minimum Gasteiger partial charge on any atom is -0.312 e. The molecule has 1 nitrogen and oxygen atoms in total. The van der Waals surface area contributed by atoms with Gasteiger partial charge >= 0.3 is 0 Å². The van der Waals surface area contributed by atoms with Crippen LogP contribution in [0.2, 0.25) is 0 Å². The van der Waals surface area contributed by atoms with E-state index in [1.165, 1.54) is 18.6 Å². The Morgan fingerprint density at radius 2 is 2.33 bits per heavy atom. The molecule has 0 bridgehead atoms. The summed E-state index contributed by atoms with van der Waals surface area (Å²) in [5, 5.41) is 4.06. The third-order valence-corrected chi connectivity index (χ3v) is 2.88. The standard InChI is InChI=1S/C10H21NS/c1-4-6-8-12-10(3)9-11-7-5-2/h5,10-11H,2,4,6-9H2,1,3H3. The van der Waals surface area contributed by atoms with Crippen LogP contribution in [0, 0.1) is 0 Å². The molecule has 12 heavy (non-hydrogen) atoms. The van der Waals surface area contributed by atoms with E-state index in [9.17, 15) is 0 Å². The minimum absolute atomic E-state index is 0.733. The summed E-state index contributed by atoms with van der Waals surface area (Å²) in [6, 6.07) is 0. The Labute approximate surface area is 81.0 Å². The van der Waals surface area contributed by atoms with Gasteiger partial charge in [-0.3, -0.25) is 0 Å². The van der Waals surface area contributed by atoms with Crippen LogP contribution < -0.4 is 5.32 Å². The molecule has 1 N–H and O–H groups in total. The fourth-order valence-corrected chi connectivity index (χ4v) is 1.97. The van der Waals surface area contributed by atoms with Gasteiger partial charge in [0.15, 0.2) is 0 Å². The van der Waals surface area contributed by atoms with Gasteiger partial charge in [-0.1, -0.05) is 26.3 Å². The molecule has 0 aromatic carbocycles. The summed E-state index contributed by atoms with van der Waals surface area (Å²) < 4.78 is 0. The summed E-state index contributed by atoms with van der Waals surface area (Å²) >= 11 is 2.05. The van der Waals surface area contributed by atoms with Crippen molar-refractivity contribution in [1.29, 1.82) is 0 Å². The first-order valence-electron chi connectivity index (χ1n) is 4.74. The number of nitrogens with one attached hydrogen (secondary N) is 1. The van der Waals surface area contributed by atoms with E-state index in [4.69, 9.17) is 0 Å². The molecule has 0 heterocycles. The van der Waals surface area contributed by atoms with E-state index in [0.717, 1.165) is 18.3 Å². The SMILES string of the molecule is C=CCNCC(C)SCCCC. The van der Waals surface area contributed by atoms with Crippen molar-refractivity contribution in [3.63, 3.8) is 0 Å². The van der Waals surface area contributed by atoms with Crippen LogP contribution in [-0.4, -0.2) is 24.1 Å². The largest absolute Gasteiger partial charge is 0.312 e. The van der Waals surface area contributed by atoms with Crippen molar-refractivity contribution >= 4 is 11.8 Å². The lowest BCUT2D eigenvalue weighted by molar-refractivity contribution is 0.739. The lowest BCUT2D eigenvalue weighted by Crippen LogP contribution is -2.22. The molecule has 2 heteroatoms. The molecule has 0 aliphatic carbocycles. The quantitative estimate of drug-likeness (QED) is 0.463. The zero-order chi connectivity index (χ0) is 9.23. The predicted molar refractivity (Wildman–Crippen MR) is 59.9 cm³/mol. The van der Waals surface area contributed by atoms with Gasteiger partial charge in [0, 0.05) is 18.3 Å². The first-order chi connectivity index (χ1) is 5.81. The van der Waals surface area contributed by atoms with Crippen molar-refractivity contribution in [3.8, 4) is 0 Å². The van der Waals surface area contributed by atoms with Gasteiger partial charge in [-0.15, -0.1) is 6.58 Å². The molecule has 1 unspecified atom stereocenters. The number of rotatable bonds is 8. The second-order valence-electron chi connectivity index (χ2n) is 2.98. The van der Waals surface area contributed by atoms with Gasteiger partial charge in [0.25, 0.3) is 0 Å². The van der Waals surface area contributed by atoms with Gasteiger partial charge in [0.2, 0.25) is 0 Å². The van der Waals surface area contributed by atoms with Crippen molar-refractivity contribution in [2.24, 2.45) is 0 Å². The monoisotopic (exact) mass is 187 g/mol. The molecule has 0 radical (unpaired) electrons. The van der Waals surface area contributed by atoms with Crippen molar-refractivity contribution in [1.82, 2.24) is 5.32 Å². The molecular weight excluding hydrogens is 166 g/mol. The minimum atomic E-state index is 0.733. The van der Waals surface area contributed by atoms with Crippen molar-refractivity contribution < 1.29 is 0 Å². The molecule has 0 rings (SSSR count). The van der Waals surface area contributed by atoms with E-state index in [1.54, 1.807) is 0 Å². The lowest BCUT2D eigenvalue weighted by Gasteiger charge is -2.10. The zero-order valence-corrected chi connectivity index (χ0v) is 9.12. The van der Waals surface area contributed by atoms with Gasteiger partial charge in [0.05, 0.1) is 0 Å². The van der Waals surface area contributed by atoms with Crippen LogP contribution in [0.3, 0.4) is 0 Å². The van der Waals surface area contributed by atoms with Gasteiger partial charge in [-0.05, 0) is 12.2 Å². The molecule has 0 amide bonds. The van der Waals surface area contributed by atoms with E-state index in [-0.39, 0.29) is 0 Å². The smallest absolute Gasteiger partial charge is 0.0144 e. The summed E-state index contributed by atoms with van der Waals surface area (Å²) in [6.07, 6.45) is 4.56. The van der Waals surface area contributed by atoms with Crippen molar-refractivity contribution in [2.45, 2.75) is 31.9 Å². The van der Waals surface area contributed by atoms with Crippen LogP contribution in [0.4, 0.5) is 0 Å². The third kappa shape index (κ3) is 8.15. The molecule has 0 aliphatic heterocycles. The Morgan fingerprint density at radius 1 is 1.58 bits per heavy atom. The van der Waals surface area contributed by atoms with Crippen molar-refractivity contribution in [2.75, 3.05) is 18.8 Å². The number of unbranched alkanes of at least 4 members (excludes halogenated alkanes) is 1. The third-order valence-electron chi connectivity index (χ3n) is 1.62. The van der Waals surface area contributed by atoms with Gasteiger partial charge < -0.3 is 5.32 Å². The van der Waals surface area contributed by atoms with E-state index in [2.05, 4.69) is 37.5 Å². The maximum Gasteiger partial charge on any atom is 0.0144 e. The Balaban J connectivity index is 3.09.